The molecular weight excluding hydrogens is 330 g/mol. The van der Waals surface area contributed by atoms with Crippen molar-refractivity contribution in [2.24, 2.45) is 10.8 Å². The van der Waals surface area contributed by atoms with Crippen LogP contribution in [-0.2, 0) is 19.2 Å². The van der Waals surface area contributed by atoms with Crippen LogP contribution >= 0.6 is 0 Å². The van der Waals surface area contributed by atoms with Gasteiger partial charge in [-0.3, -0.25) is 19.2 Å². The Morgan fingerprint density at radius 3 is 2.32 bits per heavy atom. The van der Waals surface area contributed by atoms with Crippen LogP contribution in [0, 0.1) is 0 Å². The third-order valence-corrected chi connectivity index (χ3v) is 3.34. The van der Waals surface area contributed by atoms with Crippen LogP contribution < -0.4 is 21.7 Å². The minimum Gasteiger partial charge on any atom is -0.368 e. The zero-order valence-corrected chi connectivity index (χ0v) is 14.4. The molecule has 5 N–H and O–H groups in total. The Hall–Kier alpha value is -2.81. The molecule has 25 heavy (non-hydrogen) atoms. The van der Waals surface area contributed by atoms with E-state index < -0.39 is 29.8 Å². The molecule has 0 aromatic carbocycles. The Morgan fingerprint density at radius 2 is 1.80 bits per heavy atom. The topological polar surface area (TPSA) is 179 Å². The number of amides is 4. The van der Waals surface area contributed by atoms with Crippen LogP contribution in [0.5, 0.6) is 0 Å². The average molecular weight is 355 g/mol. The van der Waals surface area contributed by atoms with Crippen LogP contribution in [0.2, 0.25) is 0 Å². The third-order valence-electron chi connectivity index (χ3n) is 3.34. The molecule has 0 fully saturated rings. The number of hydrogen-bond acceptors (Lipinski definition) is 5. The van der Waals surface area contributed by atoms with Gasteiger partial charge in [0.2, 0.25) is 23.6 Å². The fraction of sp³-hybridized carbons (Fsp3) is 0.714. The molecule has 0 spiro atoms. The van der Waals surface area contributed by atoms with Gasteiger partial charge in [0.1, 0.15) is 12.1 Å². The number of rotatable bonds is 12. The highest BCUT2D eigenvalue weighted by Crippen LogP contribution is 2.04. The largest absolute Gasteiger partial charge is 0.368 e. The van der Waals surface area contributed by atoms with Crippen LogP contribution in [0.25, 0.3) is 10.4 Å². The van der Waals surface area contributed by atoms with Crippen molar-refractivity contribution in [2.45, 2.75) is 51.1 Å². The number of primary amides is 1. The first kappa shape index (κ1) is 22.2. The number of nitrogens with one attached hydrogen (secondary N) is 3. The molecular formula is C14H25N7O4. The number of hydrogen-bond donors (Lipinski definition) is 4. The summed E-state index contributed by atoms with van der Waals surface area (Å²) in [6.07, 6.45) is 1.54. The maximum absolute atomic E-state index is 12.0. The standard InChI is InChI=1S/C14H25N7O4/c1-9(22)19-10(13(15)24)6-7-12(23)20-11(14(25)17-2)5-3-4-8-18-21-16/h10-11H,3-8H2,1-2H3,(H2,15,24)(H,17,25)(H,19,22)(H,20,23). The predicted octanol–water partition coefficient (Wildman–Crippen LogP) is -0.532. The summed E-state index contributed by atoms with van der Waals surface area (Å²) < 4.78 is 0. The van der Waals surface area contributed by atoms with Crippen LogP contribution in [0.15, 0.2) is 5.11 Å². The van der Waals surface area contributed by atoms with Gasteiger partial charge in [-0.2, -0.15) is 0 Å². The van der Waals surface area contributed by atoms with Gasteiger partial charge in [-0.15, -0.1) is 0 Å². The number of nitrogens with two attached hydrogens (primary N) is 1. The van der Waals surface area contributed by atoms with E-state index in [1.807, 2.05) is 0 Å². The maximum atomic E-state index is 12.0. The highest BCUT2D eigenvalue weighted by Gasteiger charge is 2.21. The highest BCUT2D eigenvalue weighted by molar-refractivity contribution is 5.88. The van der Waals surface area contributed by atoms with E-state index in [9.17, 15) is 19.2 Å². The summed E-state index contributed by atoms with van der Waals surface area (Å²) in [4.78, 5) is 48.7. The molecule has 0 aliphatic heterocycles. The van der Waals surface area contributed by atoms with Gasteiger partial charge in [0.05, 0.1) is 0 Å². The first-order chi connectivity index (χ1) is 11.8. The molecule has 0 saturated heterocycles. The van der Waals surface area contributed by atoms with Crippen molar-refractivity contribution < 1.29 is 19.2 Å². The summed E-state index contributed by atoms with van der Waals surface area (Å²) in [5, 5.41) is 10.8. The van der Waals surface area contributed by atoms with Gasteiger partial charge in [-0.25, -0.2) is 0 Å². The summed E-state index contributed by atoms with van der Waals surface area (Å²) in [6.45, 7) is 1.57. The van der Waals surface area contributed by atoms with E-state index in [0.717, 1.165) is 0 Å². The summed E-state index contributed by atoms with van der Waals surface area (Å²) >= 11 is 0. The number of azide groups is 1. The SMILES string of the molecule is CNC(=O)C(CCCCN=[N+]=[N-])NC(=O)CCC(NC(C)=O)C(N)=O. The molecule has 4 amide bonds. The smallest absolute Gasteiger partial charge is 0.242 e. The predicted molar refractivity (Wildman–Crippen MR) is 89.9 cm³/mol. The molecule has 2 unspecified atom stereocenters. The first-order valence-corrected chi connectivity index (χ1v) is 7.90. The molecule has 0 bridgehead atoms. The molecule has 0 heterocycles. The van der Waals surface area contributed by atoms with Gasteiger partial charge in [0, 0.05) is 31.8 Å². The molecule has 0 aromatic rings. The molecule has 0 aliphatic rings. The second-order valence-corrected chi connectivity index (χ2v) is 5.38. The minimum atomic E-state index is -0.939. The van der Waals surface area contributed by atoms with Crippen LogP contribution in [-0.4, -0.2) is 49.3 Å². The van der Waals surface area contributed by atoms with Crippen LogP contribution in [0.3, 0.4) is 0 Å². The van der Waals surface area contributed by atoms with Gasteiger partial charge in [0.15, 0.2) is 0 Å². The summed E-state index contributed by atoms with van der Waals surface area (Å²) in [5.41, 5.74) is 13.4. The lowest BCUT2D eigenvalue weighted by atomic mass is 10.1. The zero-order valence-electron chi connectivity index (χ0n) is 14.4. The van der Waals surface area contributed by atoms with Crippen LogP contribution in [0.4, 0.5) is 0 Å². The van der Waals surface area contributed by atoms with Crippen molar-refractivity contribution in [3.05, 3.63) is 10.4 Å². The zero-order chi connectivity index (χ0) is 19.2. The quantitative estimate of drug-likeness (QED) is 0.159. The number of likely N-dealkylation sites (N-methyl/N-ethyl adjacent to an activating group) is 1. The molecule has 0 saturated carbocycles. The van der Waals surface area contributed by atoms with Crippen molar-refractivity contribution in [3.63, 3.8) is 0 Å². The molecule has 0 rings (SSSR count). The van der Waals surface area contributed by atoms with E-state index in [4.69, 9.17) is 11.3 Å². The van der Waals surface area contributed by atoms with E-state index in [1.165, 1.54) is 14.0 Å². The number of unbranched alkanes of at least 4 members (excludes halogenated alkanes) is 1. The lowest BCUT2D eigenvalue weighted by Gasteiger charge is -2.18. The second kappa shape index (κ2) is 12.6. The van der Waals surface area contributed by atoms with Crippen molar-refractivity contribution in [2.75, 3.05) is 13.6 Å². The Balaban J connectivity index is 4.49. The highest BCUT2D eigenvalue weighted by atomic mass is 16.2. The van der Waals surface area contributed by atoms with Crippen molar-refractivity contribution >= 4 is 23.6 Å². The Kier molecular flexibility index (Phi) is 11.2. The fourth-order valence-corrected chi connectivity index (χ4v) is 2.09. The first-order valence-electron chi connectivity index (χ1n) is 7.90. The number of carbonyl (C=O) groups excluding carboxylic acids is 4. The monoisotopic (exact) mass is 355 g/mol. The van der Waals surface area contributed by atoms with E-state index in [1.54, 1.807) is 0 Å². The van der Waals surface area contributed by atoms with E-state index in [-0.39, 0.29) is 18.7 Å². The molecule has 11 heteroatoms. The van der Waals surface area contributed by atoms with Gasteiger partial charge in [0.25, 0.3) is 0 Å². The van der Waals surface area contributed by atoms with Gasteiger partial charge in [-0.05, 0) is 24.8 Å². The lowest BCUT2D eigenvalue weighted by Crippen LogP contribution is -2.47. The van der Waals surface area contributed by atoms with Gasteiger partial charge >= 0.3 is 0 Å². The van der Waals surface area contributed by atoms with Crippen molar-refractivity contribution in [1.82, 2.24) is 16.0 Å². The van der Waals surface area contributed by atoms with Gasteiger partial charge < -0.3 is 21.7 Å². The van der Waals surface area contributed by atoms with E-state index in [2.05, 4.69) is 26.0 Å². The van der Waals surface area contributed by atoms with Crippen molar-refractivity contribution in [3.8, 4) is 0 Å². The second-order valence-electron chi connectivity index (χ2n) is 5.38. The van der Waals surface area contributed by atoms with Crippen molar-refractivity contribution in [1.29, 1.82) is 0 Å². The van der Waals surface area contributed by atoms with E-state index in [0.29, 0.717) is 25.8 Å². The molecule has 0 radical (unpaired) electrons. The Labute approximate surface area is 145 Å². The average Bonchev–Trinajstić information content (AvgIpc) is 2.56. The Morgan fingerprint density at radius 1 is 1.12 bits per heavy atom. The van der Waals surface area contributed by atoms with Gasteiger partial charge in [-0.1, -0.05) is 11.5 Å². The molecule has 140 valence electrons. The Bertz CT molecular complexity index is 531. The lowest BCUT2D eigenvalue weighted by molar-refractivity contribution is -0.129. The van der Waals surface area contributed by atoms with Crippen LogP contribution in [0.1, 0.15) is 39.0 Å². The maximum Gasteiger partial charge on any atom is 0.242 e. The third kappa shape index (κ3) is 10.6. The number of nitrogens with zero attached hydrogens (tertiary/aromatic N) is 3. The van der Waals surface area contributed by atoms with E-state index >= 15 is 0 Å². The molecule has 11 nitrogen and oxygen atoms in total. The summed E-state index contributed by atoms with van der Waals surface area (Å²) in [7, 11) is 1.46. The molecule has 0 aromatic heterocycles. The molecule has 0 aliphatic carbocycles. The number of carbonyl (C=O) groups is 4. The summed E-state index contributed by atoms with van der Waals surface area (Å²) in [5.74, 6) is -1.93. The summed E-state index contributed by atoms with van der Waals surface area (Å²) in [6, 6.07) is -1.66. The fourth-order valence-electron chi connectivity index (χ4n) is 2.09. The normalized spacial score (nSPS) is 12.2. The molecule has 2 atom stereocenters. The minimum absolute atomic E-state index is 0.0398.